The number of carbonyl (C=O) groups is 1. The third-order valence-electron chi connectivity index (χ3n) is 5.15. The van der Waals surface area contributed by atoms with Gasteiger partial charge in [0.1, 0.15) is 11.4 Å². The zero-order valence-corrected chi connectivity index (χ0v) is 16.0. The van der Waals surface area contributed by atoms with Crippen molar-refractivity contribution in [3.63, 3.8) is 0 Å². The van der Waals surface area contributed by atoms with Crippen molar-refractivity contribution >= 4 is 11.7 Å². The zero-order chi connectivity index (χ0) is 19.5. The van der Waals surface area contributed by atoms with E-state index in [0.29, 0.717) is 24.5 Å². The molecule has 2 N–H and O–H groups in total. The third-order valence-corrected chi connectivity index (χ3v) is 5.15. The summed E-state index contributed by atoms with van der Waals surface area (Å²) < 4.78 is 1.64. The van der Waals surface area contributed by atoms with Crippen molar-refractivity contribution in [1.82, 2.24) is 24.6 Å². The Bertz CT molecular complexity index is 960. The Hall–Kier alpha value is -3.19. The Kier molecular flexibility index (Phi) is 5.08. The van der Waals surface area contributed by atoms with Gasteiger partial charge in [-0.3, -0.25) is 14.7 Å². The molecule has 1 aliphatic rings. The van der Waals surface area contributed by atoms with E-state index in [0.717, 1.165) is 36.6 Å². The molecular weight excluding hydrogens is 352 g/mol. The van der Waals surface area contributed by atoms with Crippen molar-refractivity contribution in [3.05, 3.63) is 71.7 Å². The minimum absolute atomic E-state index is 0.0604. The summed E-state index contributed by atoms with van der Waals surface area (Å²) in [5.41, 5.74) is 9.73. The van der Waals surface area contributed by atoms with E-state index in [-0.39, 0.29) is 5.91 Å². The highest BCUT2D eigenvalue weighted by Gasteiger charge is 2.26. The average Bonchev–Trinajstić information content (AvgIpc) is 3.10. The van der Waals surface area contributed by atoms with Crippen LogP contribution >= 0.6 is 0 Å². The lowest BCUT2D eigenvalue weighted by Crippen LogP contribution is -2.48. The van der Waals surface area contributed by atoms with Gasteiger partial charge in [0.25, 0.3) is 5.91 Å². The lowest BCUT2D eigenvalue weighted by atomic mass is 10.2. The Morgan fingerprint density at radius 1 is 1.07 bits per heavy atom. The summed E-state index contributed by atoms with van der Waals surface area (Å²) in [6.45, 7) is 5.76. The smallest absolute Gasteiger partial charge is 0.259 e. The van der Waals surface area contributed by atoms with E-state index in [1.165, 1.54) is 0 Å². The second-order valence-corrected chi connectivity index (χ2v) is 7.03. The van der Waals surface area contributed by atoms with Gasteiger partial charge in [0.05, 0.1) is 17.6 Å². The number of anilines is 1. The number of carbonyl (C=O) groups excluding carboxylic acids is 1. The molecule has 0 spiro atoms. The molecule has 1 saturated heterocycles. The molecule has 1 fully saturated rings. The van der Waals surface area contributed by atoms with Crippen LogP contribution in [0.15, 0.2) is 54.9 Å². The topological polar surface area (TPSA) is 80.3 Å². The summed E-state index contributed by atoms with van der Waals surface area (Å²) in [6.07, 6.45) is 3.38. The summed E-state index contributed by atoms with van der Waals surface area (Å²) >= 11 is 0. The fraction of sp³-hybridized carbons (Fsp3) is 0.286. The summed E-state index contributed by atoms with van der Waals surface area (Å²) in [5, 5.41) is 4.36. The lowest BCUT2D eigenvalue weighted by Gasteiger charge is -2.34. The number of aryl methyl sites for hydroxylation is 1. The fourth-order valence-corrected chi connectivity index (χ4v) is 3.52. The second kappa shape index (κ2) is 7.82. The van der Waals surface area contributed by atoms with Gasteiger partial charge in [0.15, 0.2) is 0 Å². The molecule has 3 heterocycles. The predicted molar refractivity (Wildman–Crippen MR) is 108 cm³/mol. The Morgan fingerprint density at radius 3 is 2.54 bits per heavy atom. The monoisotopic (exact) mass is 376 g/mol. The molecule has 0 bridgehead atoms. The van der Waals surface area contributed by atoms with Crippen LogP contribution in [0.3, 0.4) is 0 Å². The van der Waals surface area contributed by atoms with Gasteiger partial charge in [0, 0.05) is 38.9 Å². The first-order valence-electron chi connectivity index (χ1n) is 9.44. The summed E-state index contributed by atoms with van der Waals surface area (Å²) in [6, 6.07) is 13.8. The van der Waals surface area contributed by atoms with Crippen LogP contribution in [0, 0.1) is 6.92 Å². The number of benzene rings is 1. The predicted octanol–water partition coefficient (Wildman–Crippen LogP) is 2.12. The minimum Gasteiger partial charge on any atom is -0.383 e. The Labute approximate surface area is 164 Å². The van der Waals surface area contributed by atoms with Gasteiger partial charge < -0.3 is 10.6 Å². The third kappa shape index (κ3) is 3.61. The van der Waals surface area contributed by atoms with Gasteiger partial charge in [-0.2, -0.15) is 5.10 Å². The molecule has 0 unspecified atom stereocenters. The normalized spacial score (nSPS) is 15.0. The molecule has 3 aromatic rings. The van der Waals surface area contributed by atoms with Crippen LogP contribution < -0.4 is 5.73 Å². The van der Waals surface area contributed by atoms with Crippen molar-refractivity contribution in [2.75, 3.05) is 31.9 Å². The Balaban J connectivity index is 1.43. The number of hydrogen-bond acceptors (Lipinski definition) is 5. The van der Waals surface area contributed by atoms with Crippen LogP contribution in [0.5, 0.6) is 0 Å². The van der Waals surface area contributed by atoms with Crippen molar-refractivity contribution in [1.29, 1.82) is 0 Å². The van der Waals surface area contributed by atoms with Crippen LogP contribution in [0.25, 0.3) is 5.69 Å². The number of amides is 1. The minimum atomic E-state index is -0.0604. The molecule has 7 heteroatoms. The molecule has 0 atom stereocenters. The molecule has 144 valence electrons. The van der Waals surface area contributed by atoms with Crippen molar-refractivity contribution in [2.24, 2.45) is 0 Å². The highest BCUT2D eigenvalue weighted by atomic mass is 16.2. The van der Waals surface area contributed by atoms with E-state index < -0.39 is 0 Å². The lowest BCUT2D eigenvalue weighted by molar-refractivity contribution is 0.0628. The van der Waals surface area contributed by atoms with Gasteiger partial charge in [-0.15, -0.1) is 0 Å². The van der Waals surface area contributed by atoms with Crippen LogP contribution in [-0.4, -0.2) is 56.7 Å². The summed E-state index contributed by atoms with van der Waals surface area (Å²) in [7, 11) is 0. The number of para-hydroxylation sites is 1. The van der Waals surface area contributed by atoms with Crippen LogP contribution in [0.2, 0.25) is 0 Å². The second-order valence-electron chi connectivity index (χ2n) is 7.03. The fourth-order valence-electron chi connectivity index (χ4n) is 3.52. The number of aromatic nitrogens is 3. The molecule has 1 aliphatic heterocycles. The highest BCUT2D eigenvalue weighted by molar-refractivity contribution is 5.98. The zero-order valence-electron chi connectivity index (χ0n) is 16.0. The molecule has 0 saturated carbocycles. The van der Waals surface area contributed by atoms with E-state index in [9.17, 15) is 4.79 Å². The molecule has 0 radical (unpaired) electrons. The quantitative estimate of drug-likeness (QED) is 0.754. The molecule has 4 rings (SSSR count). The molecule has 0 aliphatic carbocycles. The Morgan fingerprint density at radius 2 is 1.82 bits per heavy atom. The van der Waals surface area contributed by atoms with E-state index >= 15 is 0 Å². The molecular formula is C21H24N6O. The molecule has 1 aromatic carbocycles. The van der Waals surface area contributed by atoms with Gasteiger partial charge >= 0.3 is 0 Å². The van der Waals surface area contributed by atoms with Gasteiger partial charge in [-0.25, -0.2) is 4.68 Å². The van der Waals surface area contributed by atoms with Gasteiger partial charge in [-0.1, -0.05) is 24.3 Å². The van der Waals surface area contributed by atoms with Crippen LogP contribution in [0.4, 0.5) is 5.82 Å². The first kappa shape index (κ1) is 18.2. The maximum Gasteiger partial charge on any atom is 0.259 e. The van der Waals surface area contributed by atoms with Crippen LogP contribution in [0.1, 0.15) is 21.6 Å². The van der Waals surface area contributed by atoms with E-state index in [4.69, 9.17) is 5.73 Å². The number of piperazine rings is 1. The number of nitrogen functional groups attached to an aromatic ring is 1. The number of nitrogens with two attached hydrogens (primary N) is 1. The first-order chi connectivity index (χ1) is 13.6. The van der Waals surface area contributed by atoms with Crippen molar-refractivity contribution in [2.45, 2.75) is 13.5 Å². The maximum atomic E-state index is 13.0. The van der Waals surface area contributed by atoms with E-state index in [1.807, 2.05) is 60.5 Å². The maximum absolute atomic E-state index is 13.0. The standard InChI is InChI=1S/C21H24N6O/c1-16-6-2-3-8-19(16)27-20(22)18(14-24-27)21(28)26-12-10-25(11-13-26)15-17-7-4-5-9-23-17/h2-9,14H,10-13,15,22H2,1H3. The number of hydrogen-bond donors (Lipinski definition) is 1. The van der Waals surface area contributed by atoms with Gasteiger partial charge in [0.2, 0.25) is 0 Å². The van der Waals surface area contributed by atoms with Crippen molar-refractivity contribution < 1.29 is 4.79 Å². The SMILES string of the molecule is Cc1ccccc1-n1ncc(C(=O)N2CCN(Cc3ccccn3)CC2)c1N. The number of nitrogens with zero attached hydrogens (tertiary/aromatic N) is 5. The summed E-state index contributed by atoms with van der Waals surface area (Å²) in [4.78, 5) is 21.5. The van der Waals surface area contributed by atoms with E-state index in [1.54, 1.807) is 10.9 Å². The molecule has 28 heavy (non-hydrogen) atoms. The average molecular weight is 376 g/mol. The number of rotatable bonds is 4. The molecule has 2 aromatic heterocycles. The van der Waals surface area contributed by atoms with E-state index in [2.05, 4.69) is 15.0 Å². The largest absolute Gasteiger partial charge is 0.383 e. The first-order valence-corrected chi connectivity index (χ1v) is 9.44. The van der Waals surface area contributed by atoms with Crippen LogP contribution in [-0.2, 0) is 6.54 Å². The summed E-state index contributed by atoms with van der Waals surface area (Å²) in [5.74, 6) is 0.324. The number of pyridine rings is 1. The van der Waals surface area contributed by atoms with Crippen molar-refractivity contribution in [3.8, 4) is 5.69 Å². The molecule has 7 nitrogen and oxygen atoms in total. The van der Waals surface area contributed by atoms with Gasteiger partial charge in [-0.05, 0) is 30.7 Å². The highest BCUT2D eigenvalue weighted by Crippen LogP contribution is 2.21. The molecule has 1 amide bonds.